The summed E-state index contributed by atoms with van der Waals surface area (Å²) >= 11 is 0. The summed E-state index contributed by atoms with van der Waals surface area (Å²) in [4.78, 5) is 13.2. The van der Waals surface area contributed by atoms with Gasteiger partial charge in [0.05, 0.1) is 6.10 Å². The Bertz CT molecular complexity index is 818. The third-order valence-corrected chi connectivity index (χ3v) is 8.86. The number of aliphatic hydroxyl groups is 1. The van der Waals surface area contributed by atoms with Crippen LogP contribution in [-0.4, -0.2) is 17.0 Å². The van der Waals surface area contributed by atoms with Crippen molar-refractivity contribution in [2.75, 3.05) is 0 Å². The average molecular weight is 425 g/mol. The molecule has 0 heterocycles. The molecule has 0 spiro atoms. The predicted octanol–water partition coefficient (Wildman–Crippen LogP) is 7.35. The zero-order valence-electron chi connectivity index (χ0n) is 20.9. The number of hydrogen-bond acceptors (Lipinski definition) is 2. The normalized spacial score (nSPS) is 35.5. The third-order valence-electron chi connectivity index (χ3n) is 8.86. The molecule has 31 heavy (non-hydrogen) atoms. The van der Waals surface area contributed by atoms with E-state index in [1.54, 1.807) is 0 Å². The standard InChI is InChI=1S/C29H44O2/c1-19(2)12-14-24(30)20(3)10-8-11-21(4)27-22-13-15-26-28(5,6)16-9-17-29(26,7)23(22)18-25(27)31/h8,10-12,22-24,26,30H,9,13-18H2,1-7H3/b11-8+,20-10+,27-21-. The van der Waals surface area contributed by atoms with Crippen LogP contribution in [0.15, 0.2) is 46.6 Å². The van der Waals surface area contributed by atoms with Gasteiger partial charge >= 0.3 is 0 Å². The van der Waals surface area contributed by atoms with E-state index in [2.05, 4.69) is 53.7 Å². The van der Waals surface area contributed by atoms with Crippen molar-refractivity contribution < 1.29 is 9.90 Å². The quantitative estimate of drug-likeness (QED) is 0.284. The van der Waals surface area contributed by atoms with Gasteiger partial charge in [0, 0.05) is 12.0 Å². The lowest BCUT2D eigenvalue weighted by Gasteiger charge is -2.58. The molecule has 3 saturated carbocycles. The third kappa shape index (κ3) is 4.85. The molecule has 0 bridgehead atoms. The SMILES string of the molecule is CC(C)=CCC(O)/C(C)=C/C=C/C(C)=C1\C(=O)CC2C1CCC1C(C)(C)CCCC21C. The van der Waals surface area contributed by atoms with Crippen LogP contribution in [0.25, 0.3) is 0 Å². The number of Topliss-reactive ketones (excluding diaryl/α,β-unsaturated/α-hetero) is 1. The van der Waals surface area contributed by atoms with Crippen LogP contribution in [0.3, 0.4) is 0 Å². The molecule has 0 aliphatic heterocycles. The number of hydrogen-bond donors (Lipinski definition) is 1. The van der Waals surface area contributed by atoms with Gasteiger partial charge in [-0.15, -0.1) is 0 Å². The van der Waals surface area contributed by atoms with Crippen LogP contribution in [0, 0.1) is 28.6 Å². The highest BCUT2D eigenvalue weighted by molar-refractivity contribution is 5.99. The smallest absolute Gasteiger partial charge is 0.159 e. The Morgan fingerprint density at radius 2 is 1.84 bits per heavy atom. The first-order valence-corrected chi connectivity index (χ1v) is 12.4. The summed E-state index contributed by atoms with van der Waals surface area (Å²) in [5.41, 5.74) is 5.11. The molecule has 3 fully saturated rings. The molecule has 172 valence electrons. The largest absolute Gasteiger partial charge is 0.388 e. The first kappa shape index (κ1) is 24.2. The highest BCUT2D eigenvalue weighted by Gasteiger charge is 2.58. The topological polar surface area (TPSA) is 37.3 Å². The molecule has 5 unspecified atom stereocenters. The Kier molecular flexibility index (Phi) is 7.21. The van der Waals surface area contributed by atoms with Gasteiger partial charge < -0.3 is 5.11 Å². The Balaban J connectivity index is 1.79. The summed E-state index contributed by atoms with van der Waals surface area (Å²) in [7, 11) is 0. The van der Waals surface area contributed by atoms with Crippen LogP contribution in [0.5, 0.6) is 0 Å². The van der Waals surface area contributed by atoms with E-state index in [0.29, 0.717) is 34.9 Å². The Morgan fingerprint density at radius 3 is 2.52 bits per heavy atom. The highest BCUT2D eigenvalue weighted by Crippen LogP contribution is 2.64. The van der Waals surface area contributed by atoms with E-state index in [9.17, 15) is 9.90 Å². The highest BCUT2D eigenvalue weighted by atomic mass is 16.3. The second kappa shape index (κ2) is 9.22. The maximum atomic E-state index is 13.2. The van der Waals surface area contributed by atoms with Crippen molar-refractivity contribution in [2.45, 2.75) is 99.5 Å². The van der Waals surface area contributed by atoms with Gasteiger partial charge in [0.1, 0.15) is 0 Å². The molecule has 1 N–H and O–H groups in total. The van der Waals surface area contributed by atoms with Gasteiger partial charge in [-0.2, -0.15) is 0 Å². The second-order valence-electron chi connectivity index (χ2n) is 11.7. The summed E-state index contributed by atoms with van der Waals surface area (Å²) in [6, 6.07) is 0. The Hall–Kier alpha value is -1.41. The Labute approximate surface area is 190 Å². The van der Waals surface area contributed by atoms with Gasteiger partial charge in [-0.05, 0) is 99.5 Å². The second-order valence-corrected chi connectivity index (χ2v) is 11.7. The molecule has 0 amide bonds. The molecular formula is C29H44O2. The minimum absolute atomic E-state index is 0.303. The fraction of sp³-hybridized carbons (Fsp3) is 0.690. The van der Waals surface area contributed by atoms with Crippen molar-refractivity contribution in [1.29, 1.82) is 0 Å². The molecule has 0 aromatic carbocycles. The van der Waals surface area contributed by atoms with Gasteiger partial charge in [0.2, 0.25) is 0 Å². The monoisotopic (exact) mass is 424 g/mol. The number of allylic oxidation sites excluding steroid dienone is 6. The van der Waals surface area contributed by atoms with E-state index in [-0.39, 0.29) is 0 Å². The fourth-order valence-corrected chi connectivity index (χ4v) is 7.17. The van der Waals surface area contributed by atoms with Crippen molar-refractivity contribution in [1.82, 2.24) is 0 Å². The summed E-state index contributed by atoms with van der Waals surface area (Å²) < 4.78 is 0. The average Bonchev–Trinajstić information content (AvgIpc) is 3.02. The lowest BCUT2D eigenvalue weighted by Crippen LogP contribution is -2.50. The number of ketones is 1. The lowest BCUT2D eigenvalue weighted by molar-refractivity contribution is -0.117. The minimum Gasteiger partial charge on any atom is -0.388 e. The van der Waals surface area contributed by atoms with E-state index >= 15 is 0 Å². The van der Waals surface area contributed by atoms with Crippen LogP contribution in [0.4, 0.5) is 0 Å². The number of carbonyl (C=O) groups excluding carboxylic acids is 1. The van der Waals surface area contributed by atoms with Crippen LogP contribution in [0.2, 0.25) is 0 Å². The van der Waals surface area contributed by atoms with Crippen molar-refractivity contribution in [2.24, 2.45) is 28.6 Å². The number of aliphatic hydroxyl groups excluding tert-OH is 1. The van der Waals surface area contributed by atoms with Crippen LogP contribution < -0.4 is 0 Å². The van der Waals surface area contributed by atoms with Gasteiger partial charge in [0.15, 0.2) is 5.78 Å². The zero-order chi connectivity index (χ0) is 23.0. The van der Waals surface area contributed by atoms with E-state index in [0.717, 1.165) is 35.5 Å². The molecule has 2 nitrogen and oxygen atoms in total. The maximum absolute atomic E-state index is 13.2. The molecule has 5 atom stereocenters. The summed E-state index contributed by atoms with van der Waals surface area (Å²) in [6.45, 7) is 15.6. The van der Waals surface area contributed by atoms with E-state index in [4.69, 9.17) is 0 Å². The molecule has 0 saturated heterocycles. The van der Waals surface area contributed by atoms with Gasteiger partial charge in [-0.3, -0.25) is 4.79 Å². The number of carbonyl (C=O) groups is 1. The van der Waals surface area contributed by atoms with Gasteiger partial charge in [-0.25, -0.2) is 0 Å². The summed E-state index contributed by atoms with van der Waals surface area (Å²) in [5.74, 6) is 2.07. The molecule has 3 aliphatic rings. The lowest BCUT2D eigenvalue weighted by atomic mass is 9.47. The molecule has 3 rings (SSSR count). The van der Waals surface area contributed by atoms with E-state index in [1.165, 1.54) is 31.3 Å². The molecule has 0 aromatic rings. The van der Waals surface area contributed by atoms with Crippen molar-refractivity contribution >= 4 is 5.78 Å². The fourth-order valence-electron chi connectivity index (χ4n) is 7.17. The van der Waals surface area contributed by atoms with Gasteiger partial charge in [0.25, 0.3) is 0 Å². The van der Waals surface area contributed by atoms with Crippen molar-refractivity contribution in [3.63, 3.8) is 0 Å². The van der Waals surface area contributed by atoms with Crippen molar-refractivity contribution in [3.05, 3.63) is 46.6 Å². The number of rotatable bonds is 5. The first-order chi connectivity index (χ1) is 14.5. The number of fused-ring (bicyclic) bond motifs is 3. The van der Waals surface area contributed by atoms with E-state index in [1.807, 2.05) is 19.1 Å². The van der Waals surface area contributed by atoms with Crippen LogP contribution >= 0.6 is 0 Å². The molecular weight excluding hydrogens is 380 g/mol. The van der Waals surface area contributed by atoms with Crippen LogP contribution in [0.1, 0.15) is 93.4 Å². The van der Waals surface area contributed by atoms with E-state index < -0.39 is 6.10 Å². The molecule has 2 heteroatoms. The zero-order valence-corrected chi connectivity index (χ0v) is 20.9. The minimum atomic E-state index is -0.449. The maximum Gasteiger partial charge on any atom is 0.159 e. The summed E-state index contributed by atoms with van der Waals surface area (Å²) in [6.07, 6.45) is 15.4. The molecule has 0 aromatic heterocycles. The molecule has 0 radical (unpaired) electrons. The Morgan fingerprint density at radius 1 is 1.13 bits per heavy atom. The summed E-state index contributed by atoms with van der Waals surface area (Å²) in [5, 5.41) is 10.3. The molecule has 3 aliphatic carbocycles. The van der Waals surface area contributed by atoms with Crippen LogP contribution in [-0.2, 0) is 4.79 Å². The van der Waals surface area contributed by atoms with Crippen molar-refractivity contribution in [3.8, 4) is 0 Å². The first-order valence-electron chi connectivity index (χ1n) is 12.4. The predicted molar refractivity (Wildman–Crippen MR) is 131 cm³/mol. The van der Waals surface area contributed by atoms with Gasteiger partial charge in [-0.1, -0.05) is 57.1 Å².